The van der Waals surface area contributed by atoms with Crippen molar-refractivity contribution in [2.24, 2.45) is 0 Å². The summed E-state index contributed by atoms with van der Waals surface area (Å²) in [5.74, 6) is 0.369. The molecule has 3 aliphatic heterocycles. The Balaban J connectivity index is 1.11. The number of hydrogen-bond acceptors (Lipinski definition) is 10. The third kappa shape index (κ3) is 7.11. The van der Waals surface area contributed by atoms with E-state index in [1.54, 1.807) is 6.20 Å². The topological polar surface area (TPSA) is 117 Å². The van der Waals surface area contributed by atoms with Crippen molar-refractivity contribution in [1.82, 2.24) is 40.3 Å². The van der Waals surface area contributed by atoms with Crippen molar-refractivity contribution in [3.05, 3.63) is 85.3 Å². The predicted octanol–water partition coefficient (Wildman–Crippen LogP) is 3.30. The number of H-pyrrole nitrogens is 1. The smallest absolute Gasteiger partial charge is 0.285 e. The van der Waals surface area contributed by atoms with Crippen molar-refractivity contribution < 1.29 is 4.79 Å². The molecule has 2 fully saturated rings. The monoisotopic (exact) mass is 680 g/mol. The van der Waals surface area contributed by atoms with Crippen LogP contribution in [0.3, 0.4) is 0 Å². The second kappa shape index (κ2) is 14.2. The number of carbonyl (C=O) groups is 1. The van der Waals surface area contributed by atoms with Crippen molar-refractivity contribution in [2.75, 3.05) is 55.7 Å². The SMILES string of the molecule is CCc1nc(N2CC(N3CCN(Cc4cccnc4C)C[C@H]3C)=C(Cl)C(=O)N2)ccc1CN1CCN(c2cn[nH]c(=O)c2Cl)[C@H](C)C1. The number of carbonyl (C=O) groups excluding carboxylic acids is 1. The Morgan fingerprint density at radius 1 is 0.936 bits per heavy atom. The van der Waals surface area contributed by atoms with Gasteiger partial charge in [-0.15, -0.1) is 0 Å². The fourth-order valence-corrected chi connectivity index (χ4v) is 7.30. The summed E-state index contributed by atoms with van der Waals surface area (Å²) in [6.45, 7) is 15.3. The van der Waals surface area contributed by atoms with Crippen molar-refractivity contribution in [3.8, 4) is 0 Å². The number of aromatic nitrogens is 4. The fourth-order valence-electron chi connectivity index (χ4n) is 6.89. The highest BCUT2D eigenvalue weighted by atomic mass is 35.5. The number of aromatic amines is 1. The van der Waals surface area contributed by atoms with Crippen LogP contribution >= 0.6 is 23.2 Å². The summed E-state index contributed by atoms with van der Waals surface area (Å²) < 4.78 is 0. The average molecular weight is 682 g/mol. The van der Waals surface area contributed by atoms with Gasteiger partial charge in [0.25, 0.3) is 11.5 Å². The van der Waals surface area contributed by atoms with Gasteiger partial charge in [-0.1, -0.05) is 42.3 Å². The van der Waals surface area contributed by atoms with Crippen LogP contribution < -0.4 is 20.9 Å². The number of halogens is 2. The van der Waals surface area contributed by atoms with Gasteiger partial charge in [0.15, 0.2) is 0 Å². The molecule has 3 aromatic rings. The summed E-state index contributed by atoms with van der Waals surface area (Å²) in [6.07, 6.45) is 4.20. The number of anilines is 2. The van der Waals surface area contributed by atoms with Gasteiger partial charge in [0.05, 0.1) is 24.1 Å². The predicted molar refractivity (Wildman–Crippen MR) is 184 cm³/mol. The molecule has 0 unspecified atom stereocenters. The van der Waals surface area contributed by atoms with E-state index in [9.17, 15) is 9.59 Å². The molecule has 2 atom stereocenters. The lowest BCUT2D eigenvalue weighted by Crippen LogP contribution is -2.56. The summed E-state index contributed by atoms with van der Waals surface area (Å²) in [7, 11) is 0. The molecule has 3 aromatic heterocycles. The molecule has 2 saturated heterocycles. The number of pyridine rings is 2. The number of piperazine rings is 2. The molecule has 0 aliphatic carbocycles. The number of rotatable bonds is 8. The minimum absolute atomic E-state index is 0.143. The minimum atomic E-state index is -0.378. The number of aryl methyl sites for hydroxylation is 2. The Morgan fingerprint density at radius 3 is 2.32 bits per heavy atom. The van der Waals surface area contributed by atoms with Crippen LogP contribution in [0.2, 0.25) is 5.02 Å². The summed E-state index contributed by atoms with van der Waals surface area (Å²) in [6, 6.07) is 8.53. The average Bonchev–Trinajstić information content (AvgIpc) is 3.05. The van der Waals surface area contributed by atoms with Crippen molar-refractivity contribution >= 4 is 40.6 Å². The molecule has 3 aliphatic rings. The van der Waals surface area contributed by atoms with Gasteiger partial charge in [0.1, 0.15) is 15.9 Å². The maximum absolute atomic E-state index is 13.1. The maximum Gasteiger partial charge on any atom is 0.285 e. The van der Waals surface area contributed by atoms with Crippen molar-refractivity contribution in [2.45, 2.75) is 59.3 Å². The zero-order valence-corrected chi connectivity index (χ0v) is 28.9. The van der Waals surface area contributed by atoms with Crippen LogP contribution in [0.5, 0.6) is 0 Å². The molecule has 6 heterocycles. The van der Waals surface area contributed by atoms with Gasteiger partial charge < -0.3 is 9.80 Å². The van der Waals surface area contributed by atoms with Crippen LogP contribution in [0.15, 0.2) is 52.2 Å². The zero-order chi connectivity index (χ0) is 33.2. The molecule has 12 nitrogen and oxygen atoms in total. The molecular weight excluding hydrogens is 639 g/mol. The molecule has 0 bridgehead atoms. The molecule has 6 rings (SSSR count). The van der Waals surface area contributed by atoms with Gasteiger partial charge in [-0.2, -0.15) is 5.10 Å². The number of hydrazine groups is 1. The summed E-state index contributed by atoms with van der Waals surface area (Å²) >= 11 is 13.0. The first kappa shape index (κ1) is 33.2. The number of hydrogen-bond donors (Lipinski definition) is 2. The van der Waals surface area contributed by atoms with Gasteiger partial charge in [0.2, 0.25) is 0 Å². The summed E-state index contributed by atoms with van der Waals surface area (Å²) in [5.41, 5.74) is 8.48. The van der Waals surface area contributed by atoms with E-state index >= 15 is 0 Å². The summed E-state index contributed by atoms with van der Waals surface area (Å²) in [5, 5.41) is 8.55. The highest BCUT2D eigenvalue weighted by Gasteiger charge is 2.34. The Bertz CT molecular complexity index is 1710. The van der Waals surface area contributed by atoms with Gasteiger partial charge in [0, 0.05) is 82.0 Å². The normalized spacial score (nSPS) is 21.4. The van der Waals surface area contributed by atoms with E-state index in [4.69, 9.17) is 28.2 Å². The van der Waals surface area contributed by atoms with Gasteiger partial charge in [-0.05, 0) is 50.5 Å². The van der Waals surface area contributed by atoms with Gasteiger partial charge in [-0.3, -0.25) is 34.8 Å². The van der Waals surface area contributed by atoms with Crippen LogP contribution in [0.25, 0.3) is 0 Å². The summed E-state index contributed by atoms with van der Waals surface area (Å²) in [4.78, 5) is 43.8. The Morgan fingerprint density at radius 2 is 1.64 bits per heavy atom. The Labute approximate surface area is 285 Å². The van der Waals surface area contributed by atoms with E-state index in [1.807, 2.05) is 30.3 Å². The van der Waals surface area contributed by atoms with Crippen LogP contribution in [0.4, 0.5) is 11.5 Å². The van der Waals surface area contributed by atoms with E-state index in [0.29, 0.717) is 18.1 Å². The van der Waals surface area contributed by atoms with Crippen LogP contribution in [-0.4, -0.2) is 98.7 Å². The molecule has 2 N–H and O–H groups in total. The Hall–Kier alpha value is -3.71. The second-order valence-electron chi connectivity index (χ2n) is 12.6. The first-order valence-electron chi connectivity index (χ1n) is 16.2. The number of nitrogens with one attached hydrogen (secondary N) is 2. The molecular formula is C33H42Cl2N10O2. The van der Waals surface area contributed by atoms with Crippen LogP contribution in [-0.2, 0) is 24.3 Å². The molecule has 0 spiro atoms. The van der Waals surface area contributed by atoms with Crippen LogP contribution in [0.1, 0.15) is 43.3 Å². The van der Waals surface area contributed by atoms with E-state index < -0.39 is 0 Å². The van der Waals surface area contributed by atoms with Gasteiger partial charge >= 0.3 is 0 Å². The first-order valence-corrected chi connectivity index (χ1v) is 17.0. The number of amides is 1. The third-order valence-corrected chi connectivity index (χ3v) is 10.2. The molecule has 250 valence electrons. The van der Waals surface area contributed by atoms with E-state index in [1.165, 1.54) is 5.56 Å². The molecule has 47 heavy (non-hydrogen) atoms. The largest absolute Gasteiger partial charge is 0.367 e. The maximum atomic E-state index is 13.1. The molecule has 1 amide bonds. The van der Waals surface area contributed by atoms with E-state index in [-0.39, 0.29) is 33.6 Å². The lowest BCUT2D eigenvalue weighted by molar-refractivity contribution is -0.117. The lowest BCUT2D eigenvalue weighted by atomic mass is 10.1. The standard InChI is InChI=1S/C33H42Cl2N10O2/c1-5-26-25(19-42-11-13-43(21(2)16-42)27-15-37-39-32(46)30(27)34)8-9-29(38-26)45-20-28(31(35)33(47)40-45)44-14-12-41(17-22(44)3)18-24-7-6-10-36-23(24)4/h6-10,15,21-22H,5,11-14,16-20H2,1-4H3,(H,39,46)(H,40,47)/t21-,22-/m1/s1. The fraction of sp³-hybridized carbons (Fsp3) is 0.485. The van der Waals surface area contributed by atoms with E-state index in [0.717, 1.165) is 81.4 Å². The molecule has 14 heteroatoms. The molecule has 0 aromatic carbocycles. The van der Waals surface area contributed by atoms with E-state index in [2.05, 4.69) is 73.1 Å². The van der Waals surface area contributed by atoms with Crippen molar-refractivity contribution in [1.29, 1.82) is 0 Å². The third-order valence-electron chi connectivity index (χ3n) is 9.42. The first-order chi connectivity index (χ1) is 22.6. The van der Waals surface area contributed by atoms with Crippen molar-refractivity contribution in [3.63, 3.8) is 0 Å². The van der Waals surface area contributed by atoms with Crippen LogP contribution in [0, 0.1) is 6.92 Å². The molecule has 0 saturated carbocycles. The highest BCUT2D eigenvalue weighted by Crippen LogP contribution is 2.29. The lowest BCUT2D eigenvalue weighted by Gasteiger charge is -2.45. The zero-order valence-electron chi connectivity index (χ0n) is 27.3. The molecule has 0 radical (unpaired) electrons. The Kier molecular flexibility index (Phi) is 10.0. The minimum Gasteiger partial charge on any atom is -0.367 e. The second-order valence-corrected chi connectivity index (χ2v) is 13.4. The number of nitrogens with zero attached hydrogens (tertiary/aromatic N) is 8. The van der Waals surface area contributed by atoms with Gasteiger partial charge in [-0.25, -0.2) is 10.1 Å². The quantitative estimate of drug-likeness (QED) is 0.367. The highest BCUT2D eigenvalue weighted by molar-refractivity contribution is 6.42.